The van der Waals surface area contributed by atoms with E-state index in [1.165, 1.54) is 0 Å². The summed E-state index contributed by atoms with van der Waals surface area (Å²) < 4.78 is 11.6. The highest BCUT2D eigenvalue weighted by atomic mass is 16.5. The molecule has 0 amide bonds. The van der Waals surface area contributed by atoms with Gasteiger partial charge in [0.15, 0.2) is 11.5 Å². The number of hydrogen-bond acceptors (Lipinski definition) is 5. The van der Waals surface area contributed by atoms with Crippen LogP contribution >= 0.6 is 0 Å². The third-order valence-corrected chi connectivity index (χ3v) is 4.85. The average molecular weight is 307 g/mol. The molecule has 1 saturated heterocycles. The van der Waals surface area contributed by atoms with Crippen LogP contribution in [0.4, 0.5) is 0 Å². The number of benzene rings is 1. The molecule has 0 spiro atoms. The molecular formula is C17H25NO4. The van der Waals surface area contributed by atoms with Crippen LogP contribution < -0.4 is 9.47 Å². The van der Waals surface area contributed by atoms with E-state index in [4.69, 9.17) is 9.47 Å². The lowest BCUT2D eigenvalue weighted by Gasteiger charge is -2.47. The Balaban J connectivity index is 1.77. The number of piperidine rings is 1. The van der Waals surface area contributed by atoms with Crippen molar-refractivity contribution in [1.29, 1.82) is 0 Å². The molecule has 0 radical (unpaired) electrons. The third kappa shape index (κ3) is 2.93. The number of fused-ring (bicyclic) bond motifs is 1. The van der Waals surface area contributed by atoms with E-state index < -0.39 is 11.2 Å². The molecule has 0 aliphatic carbocycles. The zero-order valence-electron chi connectivity index (χ0n) is 13.3. The van der Waals surface area contributed by atoms with Gasteiger partial charge in [-0.1, -0.05) is 12.1 Å². The van der Waals surface area contributed by atoms with Crippen molar-refractivity contribution in [3.8, 4) is 11.5 Å². The van der Waals surface area contributed by atoms with Crippen molar-refractivity contribution >= 4 is 0 Å². The number of β-amino-alcohol motifs (C(OH)–C–C–N with tert-alkyl or cyclic N) is 1. The fraction of sp³-hybridized carbons (Fsp3) is 0.647. The minimum absolute atomic E-state index is 0.435. The van der Waals surface area contributed by atoms with Crippen LogP contribution in [0.1, 0.15) is 32.3 Å². The van der Waals surface area contributed by atoms with Crippen LogP contribution in [0.5, 0.6) is 11.5 Å². The van der Waals surface area contributed by atoms with Gasteiger partial charge in [-0.2, -0.15) is 0 Å². The quantitative estimate of drug-likeness (QED) is 0.868. The van der Waals surface area contributed by atoms with E-state index in [1.54, 1.807) is 13.8 Å². The molecule has 5 nitrogen and oxygen atoms in total. The summed E-state index contributed by atoms with van der Waals surface area (Å²) in [5, 5.41) is 20.8. The zero-order chi connectivity index (χ0) is 15.8. The van der Waals surface area contributed by atoms with Gasteiger partial charge in [-0.15, -0.1) is 0 Å². The van der Waals surface area contributed by atoms with E-state index >= 15 is 0 Å². The summed E-state index contributed by atoms with van der Waals surface area (Å²) in [7, 11) is 0. The van der Waals surface area contributed by atoms with E-state index in [0.717, 1.165) is 30.0 Å². The SMILES string of the molecule is C[C@]1(O)CN(Cc2cccc3c2OCCCO3)CC[C@@]1(C)O. The minimum Gasteiger partial charge on any atom is -0.490 e. The molecule has 2 N–H and O–H groups in total. The van der Waals surface area contributed by atoms with Crippen LogP contribution in [0, 0.1) is 0 Å². The third-order valence-electron chi connectivity index (χ3n) is 4.85. The molecule has 0 bridgehead atoms. The molecule has 0 aromatic heterocycles. The Morgan fingerprint density at radius 3 is 2.68 bits per heavy atom. The van der Waals surface area contributed by atoms with Gasteiger partial charge >= 0.3 is 0 Å². The summed E-state index contributed by atoms with van der Waals surface area (Å²) in [5.41, 5.74) is -1.10. The molecule has 0 unspecified atom stereocenters. The van der Waals surface area contributed by atoms with Gasteiger partial charge in [0.2, 0.25) is 0 Å². The van der Waals surface area contributed by atoms with Crippen molar-refractivity contribution in [2.75, 3.05) is 26.3 Å². The Kier molecular flexibility index (Phi) is 4.05. The second kappa shape index (κ2) is 5.72. The lowest BCUT2D eigenvalue weighted by Crippen LogP contribution is -2.61. The Hall–Kier alpha value is -1.30. The summed E-state index contributed by atoms with van der Waals surface area (Å²) in [6, 6.07) is 5.94. The van der Waals surface area contributed by atoms with Crippen LogP contribution in [0.3, 0.4) is 0 Å². The Labute approximate surface area is 131 Å². The first-order valence-electron chi connectivity index (χ1n) is 7.94. The Morgan fingerprint density at radius 2 is 1.91 bits per heavy atom. The summed E-state index contributed by atoms with van der Waals surface area (Å²) in [6.45, 7) is 6.60. The molecule has 2 aliphatic heterocycles. The summed E-state index contributed by atoms with van der Waals surface area (Å²) in [4.78, 5) is 2.15. The van der Waals surface area contributed by atoms with Crippen LogP contribution in [-0.2, 0) is 6.54 Å². The van der Waals surface area contributed by atoms with E-state index in [2.05, 4.69) is 4.90 Å². The van der Waals surface area contributed by atoms with Crippen molar-refractivity contribution in [3.05, 3.63) is 23.8 Å². The molecule has 1 aromatic rings. The van der Waals surface area contributed by atoms with Crippen molar-refractivity contribution < 1.29 is 19.7 Å². The second-order valence-electron chi connectivity index (χ2n) is 6.80. The molecule has 2 heterocycles. The summed E-state index contributed by atoms with van der Waals surface area (Å²) in [6.07, 6.45) is 1.43. The fourth-order valence-electron chi connectivity index (χ4n) is 3.08. The van der Waals surface area contributed by atoms with Gasteiger partial charge in [0, 0.05) is 31.6 Å². The standard InChI is InChI=1S/C17H25NO4/c1-16(19)7-8-18(12-17(16,2)20)11-13-5-3-6-14-15(13)22-10-4-9-21-14/h3,5-6,19-20H,4,7-12H2,1-2H3/t16-,17+/m1/s1. The molecule has 2 atom stereocenters. The Bertz CT molecular complexity index is 541. The maximum absolute atomic E-state index is 10.5. The van der Waals surface area contributed by atoms with Gasteiger partial charge in [0.1, 0.15) is 5.60 Å². The minimum atomic E-state index is -1.12. The number of para-hydroxylation sites is 1. The molecule has 0 saturated carbocycles. The maximum Gasteiger partial charge on any atom is 0.165 e. The van der Waals surface area contributed by atoms with Crippen LogP contribution in [-0.4, -0.2) is 52.6 Å². The summed E-state index contributed by atoms with van der Waals surface area (Å²) >= 11 is 0. The molecule has 122 valence electrons. The first-order chi connectivity index (χ1) is 10.4. The van der Waals surface area contributed by atoms with Crippen LogP contribution in [0.2, 0.25) is 0 Å². The van der Waals surface area contributed by atoms with Gasteiger partial charge in [0.25, 0.3) is 0 Å². The lowest BCUT2D eigenvalue weighted by atomic mass is 9.79. The molecule has 1 fully saturated rings. The number of nitrogens with zero attached hydrogens (tertiary/aromatic N) is 1. The predicted molar refractivity (Wildman–Crippen MR) is 83.2 cm³/mol. The number of hydrogen-bond donors (Lipinski definition) is 2. The molecular weight excluding hydrogens is 282 g/mol. The van der Waals surface area contributed by atoms with Gasteiger partial charge in [-0.3, -0.25) is 4.90 Å². The lowest BCUT2D eigenvalue weighted by molar-refractivity contribution is -0.171. The van der Waals surface area contributed by atoms with Gasteiger partial charge in [-0.05, 0) is 26.3 Å². The first-order valence-corrected chi connectivity index (χ1v) is 7.94. The number of aliphatic hydroxyl groups is 2. The fourth-order valence-corrected chi connectivity index (χ4v) is 3.08. The molecule has 1 aromatic carbocycles. The molecule has 5 heteroatoms. The highest BCUT2D eigenvalue weighted by molar-refractivity contribution is 5.47. The number of ether oxygens (including phenoxy) is 2. The highest BCUT2D eigenvalue weighted by Gasteiger charge is 2.46. The number of rotatable bonds is 2. The van der Waals surface area contributed by atoms with Gasteiger partial charge in [-0.25, -0.2) is 0 Å². The van der Waals surface area contributed by atoms with E-state index in [9.17, 15) is 10.2 Å². The largest absolute Gasteiger partial charge is 0.490 e. The van der Waals surface area contributed by atoms with Gasteiger partial charge in [0.05, 0.1) is 18.8 Å². The summed E-state index contributed by atoms with van der Waals surface area (Å²) in [5.74, 6) is 1.61. The predicted octanol–water partition coefficient (Wildman–Crippen LogP) is 1.56. The van der Waals surface area contributed by atoms with E-state index in [0.29, 0.717) is 32.7 Å². The average Bonchev–Trinajstić information content (AvgIpc) is 2.69. The normalized spacial score (nSPS) is 32.5. The van der Waals surface area contributed by atoms with Crippen molar-refractivity contribution in [2.24, 2.45) is 0 Å². The topological polar surface area (TPSA) is 62.2 Å². The zero-order valence-corrected chi connectivity index (χ0v) is 13.3. The van der Waals surface area contributed by atoms with E-state index in [-0.39, 0.29) is 0 Å². The number of likely N-dealkylation sites (tertiary alicyclic amines) is 1. The smallest absolute Gasteiger partial charge is 0.165 e. The maximum atomic E-state index is 10.5. The van der Waals surface area contributed by atoms with E-state index in [1.807, 2.05) is 18.2 Å². The molecule has 2 aliphatic rings. The van der Waals surface area contributed by atoms with Gasteiger partial charge < -0.3 is 19.7 Å². The van der Waals surface area contributed by atoms with Crippen molar-refractivity contribution in [1.82, 2.24) is 4.90 Å². The highest BCUT2D eigenvalue weighted by Crippen LogP contribution is 2.36. The second-order valence-corrected chi connectivity index (χ2v) is 6.80. The van der Waals surface area contributed by atoms with Crippen molar-refractivity contribution in [3.63, 3.8) is 0 Å². The first kappa shape index (κ1) is 15.6. The van der Waals surface area contributed by atoms with Crippen LogP contribution in [0.25, 0.3) is 0 Å². The van der Waals surface area contributed by atoms with Crippen molar-refractivity contribution in [2.45, 2.75) is 44.4 Å². The Morgan fingerprint density at radius 1 is 1.14 bits per heavy atom. The monoisotopic (exact) mass is 307 g/mol. The molecule has 3 rings (SSSR count). The molecule has 22 heavy (non-hydrogen) atoms. The van der Waals surface area contributed by atoms with Crippen LogP contribution in [0.15, 0.2) is 18.2 Å².